The van der Waals surface area contributed by atoms with Crippen molar-refractivity contribution in [1.82, 2.24) is 20.4 Å². The molecule has 0 aliphatic carbocycles. The van der Waals surface area contributed by atoms with Gasteiger partial charge in [-0.1, -0.05) is 41.9 Å². The maximum Gasteiger partial charge on any atom is 0.490 e. The summed E-state index contributed by atoms with van der Waals surface area (Å²) >= 11 is 6.91. The Kier molecular flexibility index (Phi) is 10.9. The van der Waals surface area contributed by atoms with E-state index in [2.05, 4.69) is 20.5 Å². The normalized spacial score (nSPS) is 15.2. The van der Waals surface area contributed by atoms with Crippen LogP contribution in [0.15, 0.2) is 58.8 Å². The molecule has 242 valence electrons. The third kappa shape index (κ3) is 8.85. The van der Waals surface area contributed by atoms with E-state index < -0.39 is 22.2 Å². The second-order valence-corrected chi connectivity index (χ2v) is 13.1. The van der Waals surface area contributed by atoms with Crippen molar-refractivity contribution in [3.63, 3.8) is 0 Å². The van der Waals surface area contributed by atoms with Gasteiger partial charge < -0.3 is 25.2 Å². The molecule has 1 saturated heterocycles. The highest BCUT2D eigenvalue weighted by molar-refractivity contribution is 7.94. The molecule has 2 aromatic heterocycles. The Balaban J connectivity index is 0.000000591. The molecule has 45 heavy (non-hydrogen) atoms. The average Bonchev–Trinajstić information content (AvgIpc) is 3.60. The molecule has 2 aromatic carbocycles. The summed E-state index contributed by atoms with van der Waals surface area (Å²) in [6, 6.07) is 15.9. The zero-order valence-electron chi connectivity index (χ0n) is 23.4. The number of amides is 1. The Hall–Kier alpha value is -3.90. The van der Waals surface area contributed by atoms with Crippen LogP contribution < -0.4 is 20.1 Å². The molecule has 0 spiro atoms. The number of morpholine rings is 1. The van der Waals surface area contributed by atoms with E-state index in [4.69, 9.17) is 31.0 Å². The van der Waals surface area contributed by atoms with Crippen molar-refractivity contribution in [3.05, 3.63) is 70.1 Å². The number of aliphatic carboxylic acids is 1. The maximum absolute atomic E-state index is 13.0. The number of carboxylic acids is 1. The highest BCUT2D eigenvalue weighted by Gasteiger charge is 2.38. The summed E-state index contributed by atoms with van der Waals surface area (Å²) in [5.41, 5.74) is 2.62. The van der Waals surface area contributed by atoms with E-state index in [0.717, 1.165) is 22.5 Å². The van der Waals surface area contributed by atoms with E-state index in [0.29, 0.717) is 53.8 Å². The molecule has 1 aliphatic heterocycles. The Morgan fingerprint density at radius 2 is 1.87 bits per heavy atom. The van der Waals surface area contributed by atoms with E-state index in [1.54, 1.807) is 10.7 Å². The van der Waals surface area contributed by atoms with Crippen LogP contribution in [-0.2, 0) is 37.4 Å². The lowest BCUT2D eigenvalue weighted by atomic mass is 10.1. The van der Waals surface area contributed by atoms with Gasteiger partial charge in [0.25, 0.3) is 10.0 Å². The number of carbonyl (C=O) groups is 2. The summed E-state index contributed by atoms with van der Waals surface area (Å²) in [6.45, 7) is 2.43. The number of halogens is 4. The molecule has 1 amide bonds. The number of aromatic nitrogens is 2. The molecule has 4 N–H and O–H groups in total. The number of sulfonamides is 1. The number of alkyl halides is 3. The average molecular weight is 690 g/mol. The predicted molar refractivity (Wildman–Crippen MR) is 160 cm³/mol. The summed E-state index contributed by atoms with van der Waals surface area (Å²) in [5, 5.41) is 18.3. The second-order valence-electron chi connectivity index (χ2n) is 9.44. The summed E-state index contributed by atoms with van der Waals surface area (Å²) in [6.07, 6.45) is -5.08. The zero-order chi connectivity index (χ0) is 32.8. The van der Waals surface area contributed by atoms with Gasteiger partial charge in [-0.3, -0.25) is 14.2 Å². The lowest BCUT2D eigenvalue weighted by Gasteiger charge is -2.22. The fourth-order valence-corrected chi connectivity index (χ4v) is 6.65. The summed E-state index contributed by atoms with van der Waals surface area (Å²) in [7, 11) is -2.36. The van der Waals surface area contributed by atoms with Gasteiger partial charge in [0.1, 0.15) is 16.0 Å². The molecule has 0 bridgehead atoms. The van der Waals surface area contributed by atoms with Crippen molar-refractivity contribution < 1.29 is 45.8 Å². The fourth-order valence-electron chi connectivity index (χ4n) is 4.16. The molecule has 1 fully saturated rings. The molecule has 3 heterocycles. The van der Waals surface area contributed by atoms with Crippen LogP contribution in [0.5, 0.6) is 5.75 Å². The molecule has 4 aromatic rings. The molecule has 5 rings (SSSR count). The lowest BCUT2D eigenvalue weighted by molar-refractivity contribution is -0.192. The monoisotopic (exact) mass is 689 g/mol. The van der Waals surface area contributed by atoms with Crippen LogP contribution in [0, 0.1) is 0 Å². The van der Waals surface area contributed by atoms with Crippen LogP contribution in [0.25, 0.3) is 10.9 Å². The molecule has 1 aliphatic rings. The van der Waals surface area contributed by atoms with Crippen molar-refractivity contribution in [2.45, 2.75) is 29.5 Å². The van der Waals surface area contributed by atoms with E-state index in [9.17, 15) is 26.4 Å². The first-order valence-corrected chi connectivity index (χ1v) is 15.7. The van der Waals surface area contributed by atoms with Crippen molar-refractivity contribution >= 4 is 61.6 Å². The second kappa shape index (κ2) is 14.5. The van der Waals surface area contributed by atoms with Crippen molar-refractivity contribution in [1.29, 1.82) is 0 Å². The minimum absolute atomic E-state index is 0.0921. The number of nitrogens with one attached hydrogen (secondary N) is 3. The molecule has 0 saturated carbocycles. The first kappa shape index (κ1) is 34.0. The van der Waals surface area contributed by atoms with Gasteiger partial charge in [-0.15, -0.1) is 11.3 Å². The van der Waals surface area contributed by atoms with Gasteiger partial charge >= 0.3 is 12.1 Å². The van der Waals surface area contributed by atoms with Crippen LogP contribution in [0.2, 0.25) is 4.34 Å². The molecule has 0 radical (unpaired) electrons. The number of fused-ring (bicyclic) bond motifs is 1. The maximum atomic E-state index is 13.0. The smallest absolute Gasteiger partial charge is 0.490 e. The third-order valence-electron chi connectivity index (χ3n) is 6.31. The first-order valence-electron chi connectivity index (χ1n) is 13.1. The van der Waals surface area contributed by atoms with E-state index >= 15 is 0 Å². The lowest BCUT2D eigenvalue weighted by Crippen LogP contribution is -2.51. The van der Waals surface area contributed by atoms with Gasteiger partial charge in [-0.25, -0.2) is 13.2 Å². The number of ether oxygens (including phenoxy) is 2. The minimum atomic E-state index is -5.08. The van der Waals surface area contributed by atoms with Crippen molar-refractivity contribution in [3.8, 4) is 5.75 Å². The summed E-state index contributed by atoms with van der Waals surface area (Å²) in [4.78, 5) is 21.2. The van der Waals surface area contributed by atoms with Gasteiger partial charge in [0.05, 0.1) is 42.1 Å². The molecule has 1 atom stereocenters. The first-order chi connectivity index (χ1) is 21.3. The van der Waals surface area contributed by atoms with Gasteiger partial charge in [-0.2, -0.15) is 18.3 Å². The Labute approximate surface area is 264 Å². The number of benzene rings is 2. The number of hydrogen-bond donors (Lipinski definition) is 4. The van der Waals surface area contributed by atoms with E-state index in [1.165, 1.54) is 19.2 Å². The highest BCUT2D eigenvalue weighted by Crippen LogP contribution is 2.35. The summed E-state index contributed by atoms with van der Waals surface area (Å²) in [5.74, 6) is -2.18. The number of rotatable bonds is 9. The number of methoxy groups -OCH3 is 1. The minimum Gasteiger partial charge on any atom is -0.496 e. The topological polar surface area (TPSA) is 161 Å². The van der Waals surface area contributed by atoms with Crippen LogP contribution >= 0.6 is 22.9 Å². The van der Waals surface area contributed by atoms with E-state index in [-0.39, 0.29) is 22.0 Å². The predicted octanol–water partition coefficient (Wildman–Crippen LogP) is 3.85. The standard InChI is InChI=1S/C25H26ClN5O5S2.C2HF3O2/c1-35-20-4-2-3-19-23(20)24(30-38(33,34)22-10-9-21(26)37-22)29-31(19)14-17-7-5-16(6-8-17)13-28-25(32)18-15-36-12-11-27-18;3-2(4,5)1(6)7/h2-10,18,27H,11-15H2,1H3,(H,28,32)(H,29,30);(H,6,7). The molecule has 12 nitrogen and oxygen atoms in total. The number of nitrogens with zero attached hydrogens (tertiary/aromatic N) is 2. The Morgan fingerprint density at radius 1 is 1.18 bits per heavy atom. The summed E-state index contributed by atoms with van der Waals surface area (Å²) < 4.78 is 73.3. The largest absolute Gasteiger partial charge is 0.496 e. The molecule has 1 unspecified atom stereocenters. The van der Waals surface area contributed by atoms with Crippen molar-refractivity contribution in [2.75, 3.05) is 31.6 Å². The van der Waals surface area contributed by atoms with Crippen LogP contribution in [0.3, 0.4) is 0 Å². The highest BCUT2D eigenvalue weighted by atomic mass is 35.5. The molecular formula is C27H27ClF3N5O7S2. The van der Waals surface area contributed by atoms with Crippen LogP contribution in [0.1, 0.15) is 11.1 Å². The van der Waals surface area contributed by atoms with Gasteiger partial charge in [0.15, 0.2) is 5.82 Å². The Bertz CT molecular complexity index is 1760. The number of carbonyl (C=O) groups excluding carboxylic acids is 1. The number of thiophene rings is 1. The number of carboxylic acid groups (broad SMARTS) is 1. The van der Waals surface area contributed by atoms with Crippen LogP contribution in [-0.4, -0.2) is 74.3 Å². The van der Waals surface area contributed by atoms with Gasteiger partial charge in [0.2, 0.25) is 5.91 Å². The number of hydrogen-bond acceptors (Lipinski definition) is 9. The van der Waals surface area contributed by atoms with E-state index in [1.807, 2.05) is 36.4 Å². The quantitative estimate of drug-likeness (QED) is 0.205. The molecule has 18 heteroatoms. The van der Waals surface area contributed by atoms with Gasteiger partial charge in [-0.05, 0) is 35.4 Å². The zero-order valence-corrected chi connectivity index (χ0v) is 25.8. The van der Waals surface area contributed by atoms with Gasteiger partial charge in [0, 0.05) is 13.1 Å². The fraction of sp³-hybridized carbons (Fsp3) is 0.296. The SMILES string of the molecule is COc1cccc2c1c(NS(=O)(=O)c1ccc(Cl)s1)nn2Cc1ccc(CNC(=O)C2COCCN2)cc1.O=C(O)C(F)(F)F. The van der Waals surface area contributed by atoms with Crippen LogP contribution in [0.4, 0.5) is 19.0 Å². The Morgan fingerprint density at radius 3 is 2.44 bits per heavy atom. The number of anilines is 1. The molecular weight excluding hydrogens is 663 g/mol. The third-order valence-corrected chi connectivity index (χ3v) is 9.37. The van der Waals surface area contributed by atoms with Crippen molar-refractivity contribution in [2.24, 2.45) is 0 Å².